The minimum atomic E-state index is -3.90. The van der Waals surface area contributed by atoms with Gasteiger partial charge in [0.15, 0.2) is 0 Å². The number of amides is 2. The van der Waals surface area contributed by atoms with Crippen LogP contribution in [0.2, 0.25) is 0 Å². The van der Waals surface area contributed by atoms with Crippen LogP contribution in [0.25, 0.3) is 0 Å². The summed E-state index contributed by atoms with van der Waals surface area (Å²) >= 11 is 0. The number of rotatable bonds is 7. The fourth-order valence-corrected chi connectivity index (χ4v) is 3.26. The highest BCUT2D eigenvalue weighted by molar-refractivity contribution is 7.89. The van der Waals surface area contributed by atoms with Gasteiger partial charge in [-0.05, 0) is 38.5 Å². The summed E-state index contributed by atoms with van der Waals surface area (Å²) in [6, 6.07) is 5.67. The van der Waals surface area contributed by atoms with Crippen molar-refractivity contribution in [2.45, 2.75) is 31.6 Å². The van der Waals surface area contributed by atoms with E-state index in [4.69, 9.17) is 10.2 Å². The van der Waals surface area contributed by atoms with E-state index in [1.54, 1.807) is 19.9 Å². The third kappa shape index (κ3) is 5.04. The number of carbonyl (C=O) groups excluding carboxylic acids is 2. The molecule has 9 nitrogen and oxygen atoms in total. The smallest absolute Gasteiger partial charge is 0.309 e. The maximum Gasteiger partial charge on any atom is 0.309 e. The van der Waals surface area contributed by atoms with Crippen LogP contribution in [0.3, 0.4) is 0 Å². The molecule has 0 radical (unpaired) electrons. The molecule has 2 rings (SSSR count). The average Bonchev–Trinajstić information content (AvgIpc) is 2.96. The zero-order valence-corrected chi connectivity index (χ0v) is 16.0. The molecule has 1 heterocycles. The van der Waals surface area contributed by atoms with Crippen LogP contribution < -0.4 is 15.4 Å². The molecule has 1 fully saturated rings. The molecule has 4 N–H and O–H groups in total. The number of carboxylic acid groups (broad SMARTS) is 1. The molecule has 148 valence electrons. The van der Waals surface area contributed by atoms with Gasteiger partial charge in [-0.2, -0.15) is 0 Å². The molecular weight excluding hydrogens is 374 g/mol. The van der Waals surface area contributed by atoms with Crippen molar-refractivity contribution in [3.8, 4) is 0 Å². The Morgan fingerprint density at radius 3 is 2.63 bits per heavy atom. The predicted molar refractivity (Wildman–Crippen MR) is 97.3 cm³/mol. The lowest BCUT2D eigenvalue weighted by Gasteiger charge is -2.20. The largest absolute Gasteiger partial charge is 0.481 e. The molecule has 27 heavy (non-hydrogen) atoms. The Morgan fingerprint density at radius 2 is 2.04 bits per heavy atom. The van der Waals surface area contributed by atoms with Gasteiger partial charge in [-0.3, -0.25) is 14.4 Å². The normalized spacial score (nSPS) is 17.8. The van der Waals surface area contributed by atoms with E-state index in [-0.39, 0.29) is 42.6 Å². The molecule has 0 spiro atoms. The topological polar surface area (TPSA) is 147 Å². The van der Waals surface area contributed by atoms with Crippen LogP contribution in [-0.2, 0) is 24.4 Å². The molecule has 10 heteroatoms. The number of hydrogen-bond donors (Lipinski definition) is 3. The SMILES string of the molecule is CC(C)(CCNC(=O)C1CC(=O)N(c2cccc(S(N)(=O)=O)c2)C1)C(=O)O. The zero-order chi connectivity index (χ0) is 20.4. The van der Waals surface area contributed by atoms with Crippen LogP contribution in [0.5, 0.6) is 0 Å². The number of carbonyl (C=O) groups is 3. The second-order valence-corrected chi connectivity index (χ2v) is 8.74. The molecule has 0 saturated carbocycles. The number of anilines is 1. The van der Waals surface area contributed by atoms with Gasteiger partial charge in [0.25, 0.3) is 0 Å². The van der Waals surface area contributed by atoms with E-state index in [2.05, 4.69) is 5.32 Å². The lowest BCUT2D eigenvalue weighted by molar-refractivity contribution is -0.147. The lowest BCUT2D eigenvalue weighted by atomic mass is 9.89. The summed E-state index contributed by atoms with van der Waals surface area (Å²) in [6.45, 7) is 3.44. The van der Waals surface area contributed by atoms with Crippen molar-refractivity contribution in [3.05, 3.63) is 24.3 Å². The lowest BCUT2D eigenvalue weighted by Crippen LogP contribution is -2.36. The summed E-state index contributed by atoms with van der Waals surface area (Å²) < 4.78 is 22.9. The minimum Gasteiger partial charge on any atom is -0.481 e. The average molecular weight is 397 g/mol. The van der Waals surface area contributed by atoms with Crippen molar-refractivity contribution in [1.82, 2.24) is 5.32 Å². The minimum absolute atomic E-state index is 0.00619. The van der Waals surface area contributed by atoms with Gasteiger partial charge in [-0.25, -0.2) is 13.6 Å². The molecule has 1 aliphatic heterocycles. The second-order valence-electron chi connectivity index (χ2n) is 7.18. The summed E-state index contributed by atoms with van der Waals surface area (Å²) in [5, 5.41) is 16.9. The third-order valence-corrected chi connectivity index (χ3v) is 5.49. The summed E-state index contributed by atoms with van der Waals surface area (Å²) in [7, 11) is -3.90. The standard InChI is InChI=1S/C17H23N3O6S/c1-17(2,16(23)24)6-7-19-15(22)11-8-14(21)20(10-11)12-4-3-5-13(9-12)27(18,25)26/h3-5,9,11H,6-8,10H2,1-2H3,(H,19,22)(H,23,24)(H2,18,25,26). The predicted octanol–water partition coefficient (Wildman–Crippen LogP) is 0.304. The maximum atomic E-state index is 12.3. The summed E-state index contributed by atoms with van der Waals surface area (Å²) in [5.41, 5.74) is -0.604. The van der Waals surface area contributed by atoms with E-state index in [0.29, 0.717) is 5.69 Å². The Labute approximate surface area is 157 Å². The van der Waals surface area contributed by atoms with Crippen molar-refractivity contribution in [1.29, 1.82) is 0 Å². The number of aliphatic carboxylic acids is 1. The molecule has 0 bridgehead atoms. The van der Waals surface area contributed by atoms with Gasteiger partial charge in [0.05, 0.1) is 16.2 Å². The first kappa shape index (κ1) is 20.8. The summed E-state index contributed by atoms with van der Waals surface area (Å²) in [4.78, 5) is 36.9. The van der Waals surface area contributed by atoms with Gasteiger partial charge in [0, 0.05) is 25.2 Å². The highest BCUT2D eigenvalue weighted by atomic mass is 32.2. The molecule has 0 aromatic heterocycles. The van der Waals surface area contributed by atoms with E-state index in [1.165, 1.54) is 23.1 Å². The Morgan fingerprint density at radius 1 is 1.37 bits per heavy atom. The van der Waals surface area contributed by atoms with Crippen LogP contribution in [0, 0.1) is 11.3 Å². The van der Waals surface area contributed by atoms with Gasteiger partial charge in [0.2, 0.25) is 21.8 Å². The Kier molecular flexibility index (Phi) is 5.91. The summed E-state index contributed by atoms with van der Waals surface area (Å²) in [5.74, 6) is -2.18. The molecule has 1 unspecified atom stereocenters. The van der Waals surface area contributed by atoms with Crippen molar-refractivity contribution >= 4 is 33.5 Å². The van der Waals surface area contributed by atoms with Gasteiger partial charge in [0.1, 0.15) is 0 Å². The fourth-order valence-electron chi connectivity index (χ4n) is 2.71. The number of carboxylic acids is 1. The maximum absolute atomic E-state index is 12.3. The zero-order valence-electron chi connectivity index (χ0n) is 15.1. The molecule has 1 aromatic carbocycles. The number of nitrogens with one attached hydrogen (secondary N) is 1. The first-order chi connectivity index (χ1) is 12.4. The Bertz CT molecular complexity index is 865. The quantitative estimate of drug-likeness (QED) is 0.603. The fraction of sp³-hybridized carbons (Fsp3) is 0.471. The van der Waals surface area contributed by atoms with Crippen LogP contribution in [-0.4, -0.2) is 44.4 Å². The number of benzene rings is 1. The number of hydrogen-bond acceptors (Lipinski definition) is 5. The molecule has 0 aliphatic carbocycles. The number of primary sulfonamides is 1. The van der Waals surface area contributed by atoms with Crippen molar-refractivity contribution in [2.24, 2.45) is 16.5 Å². The first-order valence-corrected chi connectivity index (χ1v) is 9.91. The van der Waals surface area contributed by atoms with Crippen LogP contribution >= 0.6 is 0 Å². The molecule has 1 aromatic rings. The molecule has 2 amide bonds. The van der Waals surface area contributed by atoms with Gasteiger partial charge in [-0.1, -0.05) is 6.07 Å². The van der Waals surface area contributed by atoms with Gasteiger partial charge >= 0.3 is 5.97 Å². The van der Waals surface area contributed by atoms with Crippen LogP contribution in [0.4, 0.5) is 5.69 Å². The number of nitrogens with two attached hydrogens (primary N) is 1. The first-order valence-electron chi connectivity index (χ1n) is 8.36. The van der Waals surface area contributed by atoms with Gasteiger partial charge in [-0.15, -0.1) is 0 Å². The number of nitrogens with zero attached hydrogens (tertiary/aromatic N) is 1. The third-order valence-electron chi connectivity index (χ3n) is 4.58. The van der Waals surface area contributed by atoms with Crippen LogP contribution in [0.1, 0.15) is 26.7 Å². The second kappa shape index (κ2) is 7.65. The van der Waals surface area contributed by atoms with Crippen molar-refractivity contribution < 1.29 is 27.9 Å². The van der Waals surface area contributed by atoms with E-state index in [1.807, 2.05) is 0 Å². The van der Waals surface area contributed by atoms with Crippen molar-refractivity contribution in [3.63, 3.8) is 0 Å². The van der Waals surface area contributed by atoms with E-state index in [9.17, 15) is 22.8 Å². The highest BCUT2D eigenvalue weighted by Crippen LogP contribution is 2.27. The molecule has 1 saturated heterocycles. The molecular formula is C17H23N3O6S. The van der Waals surface area contributed by atoms with E-state index >= 15 is 0 Å². The van der Waals surface area contributed by atoms with Gasteiger partial charge < -0.3 is 15.3 Å². The Balaban J connectivity index is 2.01. The van der Waals surface area contributed by atoms with E-state index < -0.39 is 27.3 Å². The van der Waals surface area contributed by atoms with E-state index in [0.717, 1.165) is 0 Å². The summed E-state index contributed by atoms with van der Waals surface area (Å²) in [6.07, 6.45) is 0.253. The van der Waals surface area contributed by atoms with Crippen molar-refractivity contribution in [2.75, 3.05) is 18.0 Å². The molecule has 1 atom stereocenters. The molecule has 1 aliphatic rings. The van der Waals surface area contributed by atoms with Crippen LogP contribution in [0.15, 0.2) is 29.2 Å². The highest BCUT2D eigenvalue weighted by Gasteiger charge is 2.35. The number of sulfonamides is 1. The monoisotopic (exact) mass is 397 g/mol. The Hall–Kier alpha value is -2.46.